The molecule has 3 heteroatoms. The van der Waals surface area contributed by atoms with Crippen LogP contribution in [0.2, 0.25) is 0 Å². The summed E-state index contributed by atoms with van der Waals surface area (Å²) in [5, 5.41) is 1.19. The number of rotatable bonds is 4. The van der Waals surface area contributed by atoms with Crippen LogP contribution in [-0.4, -0.2) is 11.6 Å². The molecule has 6 aromatic carbocycles. The number of likely N-dealkylation sites (N-methyl/N-ethyl adjacent to an activating group) is 1. The van der Waals surface area contributed by atoms with E-state index in [1.54, 1.807) is 0 Å². The van der Waals surface area contributed by atoms with Gasteiger partial charge in [0, 0.05) is 5.69 Å². The monoisotopic (exact) mass is 722 g/mol. The van der Waals surface area contributed by atoms with E-state index in [1.165, 1.54) is 66.7 Å². The summed E-state index contributed by atoms with van der Waals surface area (Å²) in [7, 11) is 4.21. The first-order valence-electron chi connectivity index (χ1n) is 16.5. The van der Waals surface area contributed by atoms with Gasteiger partial charge >= 0.3 is 20.4 Å². The molecule has 0 atom stereocenters. The molecule has 0 amide bonds. The van der Waals surface area contributed by atoms with E-state index in [-0.39, 0.29) is 20.4 Å². The topological polar surface area (TPSA) is 8.17 Å². The quantitative estimate of drug-likeness (QED) is 0.130. The molecule has 0 fully saturated rings. The Morgan fingerprint density at radius 1 is 0.490 bits per heavy atom. The Balaban J connectivity index is 0.000000294. The zero-order valence-electron chi connectivity index (χ0n) is 27.5. The van der Waals surface area contributed by atoms with E-state index in [4.69, 9.17) is 0 Å². The van der Waals surface area contributed by atoms with Crippen molar-refractivity contribution in [3.8, 4) is 0 Å². The minimum atomic E-state index is -0.454. The first-order valence-corrected chi connectivity index (χ1v) is 16.5. The molecule has 0 unspecified atom stereocenters. The van der Waals surface area contributed by atoms with Crippen LogP contribution in [0.3, 0.4) is 0 Å². The van der Waals surface area contributed by atoms with E-state index < -0.39 is 5.41 Å². The largest absolute Gasteiger partial charge is 2.00 e. The molecule has 1 aliphatic heterocycles. The number of hydrogen-bond donors (Lipinski definition) is 0. The van der Waals surface area contributed by atoms with Crippen molar-refractivity contribution in [3.63, 3.8) is 0 Å². The number of aromatic nitrogens is 1. The molecule has 240 valence electrons. The maximum atomic E-state index is 3.15. The number of benzene rings is 6. The number of aryl methyl sites for hydroxylation is 1. The molecular weight excluding hydrogens is 687 g/mol. The SMILES string of the molecule is CN1[CH-]C2(C(c3ccccc3)=C(c3ccccc3)C(c3ccccc3)=C2c2ccccc2)c2ccccc21.Cn1c[c-]c2ccccc21.[Pd+2]. The summed E-state index contributed by atoms with van der Waals surface area (Å²) in [5.41, 5.74) is 13.6. The molecule has 0 saturated heterocycles. The fraction of sp³-hybridized carbons (Fsp3) is 0.0652. The Hall–Kier alpha value is -5.20. The van der Waals surface area contributed by atoms with Crippen LogP contribution in [0.5, 0.6) is 0 Å². The number of fused-ring (bicyclic) bond motifs is 3. The van der Waals surface area contributed by atoms with Gasteiger partial charge in [-0.05, 0) is 70.3 Å². The van der Waals surface area contributed by atoms with E-state index in [2.05, 4.69) is 187 Å². The number of allylic oxidation sites excluding steroid dienone is 2. The van der Waals surface area contributed by atoms with Crippen molar-refractivity contribution in [2.75, 3.05) is 11.9 Å². The van der Waals surface area contributed by atoms with Crippen molar-refractivity contribution in [1.82, 2.24) is 4.57 Å². The molecule has 1 aromatic heterocycles. The van der Waals surface area contributed by atoms with Crippen LogP contribution in [0.4, 0.5) is 5.69 Å². The molecule has 0 bridgehead atoms. The molecule has 7 aromatic rings. The molecular formula is C46H36N2Pd. The zero-order valence-corrected chi connectivity index (χ0v) is 29.1. The van der Waals surface area contributed by atoms with Gasteiger partial charge in [0.2, 0.25) is 0 Å². The molecule has 1 spiro atoms. The standard InChI is InChI=1S/C37H28N.C9H8N.Pd/c1-38-26-37(31-24-14-15-25-32(31)38)35(29-20-10-4-11-21-29)33(27-16-6-2-7-17-27)34(28-18-8-3-9-19-28)36(37)30-22-12-5-13-23-30;1-10-7-6-8-4-2-3-5-9(8)10;/h2-26H,1H3;2-5,7H,1H3;/q2*-1;+2. The second-order valence-electron chi connectivity index (χ2n) is 12.4. The van der Waals surface area contributed by atoms with Gasteiger partial charge in [-0.1, -0.05) is 169 Å². The second kappa shape index (κ2) is 13.7. The van der Waals surface area contributed by atoms with E-state index >= 15 is 0 Å². The van der Waals surface area contributed by atoms with Gasteiger partial charge in [-0.25, -0.2) is 6.54 Å². The molecule has 0 N–H and O–H groups in total. The number of para-hydroxylation sites is 2. The first kappa shape index (κ1) is 32.4. The average Bonchev–Trinajstić information content (AvgIpc) is 3.79. The van der Waals surface area contributed by atoms with Crippen molar-refractivity contribution >= 4 is 38.9 Å². The van der Waals surface area contributed by atoms with Crippen molar-refractivity contribution < 1.29 is 20.4 Å². The summed E-state index contributed by atoms with van der Waals surface area (Å²) in [4.78, 5) is 2.32. The Morgan fingerprint density at radius 3 is 1.43 bits per heavy atom. The second-order valence-corrected chi connectivity index (χ2v) is 12.4. The molecule has 0 radical (unpaired) electrons. The summed E-state index contributed by atoms with van der Waals surface area (Å²) in [6.07, 6.45) is 1.95. The van der Waals surface area contributed by atoms with E-state index in [9.17, 15) is 0 Å². The normalized spacial score (nSPS) is 14.4. The Labute approximate surface area is 303 Å². The predicted molar refractivity (Wildman–Crippen MR) is 202 cm³/mol. The fourth-order valence-electron chi connectivity index (χ4n) is 7.59. The zero-order chi connectivity index (χ0) is 32.5. The van der Waals surface area contributed by atoms with Crippen LogP contribution in [0.15, 0.2) is 176 Å². The summed E-state index contributed by atoms with van der Waals surface area (Å²) >= 11 is 0. The van der Waals surface area contributed by atoms with Gasteiger partial charge in [-0.2, -0.15) is 17.5 Å². The van der Waals surface area contributed by atoms with E-state index in [0.29, 0.717) is 0 Å². The predicted octanol–water partition coefficient (Wildman–Crippen LogP) is 10.7. The first-order chi connectivity index (χ1) is 23.7. The summed E-state index contributed by atoms with van der Waals surface area (Å²) < 4.78 is 2.06. The Bertz CT molecular complexity index is 2170. The van der Waals surface area contributed by atoms with Crippen LogP contribution < -0.4 is 4.90 Å². The van der Waals surface area contributed by atoms with Crippen molar-refractivity contribution in [3.05, 3.63) is 216 Å². The van der Waals surface area contributed by atoms with Crippen LogP contribution in [0, 0.1) is 12.6 Å². The van der Waals surface area contributed by atoms with Gasteiger partial charge < -0.3 is 9.47 Å². The van der Waals surface area contributed by atoms with Crippen LogP contribution in [0.25, 0.3) is 33.2 Å². The number of hydrogen-bond acceptors (Lipinski definition) is 1. The third-order valence-electron chi connectivity index (χ3n) is 9.58. The Morgan fingerprint density at radius 2 is 0.918 bits per heavy atom. The smallest absolute Gasteiger partial charge is 0.523 e. The van der Waals surface area contributed by atoms with E-state index in [1.807, 2.05) is 25.4 Å². The number of anilines is 1. The molecule has 49 heavy (non-hydrogen) atoms. The summed E-state index contributed by atoms with van der Waals surface area (Å²) in [5.74, 6) is 0. The Kier molecular flexibility index (Phi) is 9.07. The molecule has 2 nitrogen and oxygen atoms in total. The van der Waals surface area contributed by atoms with Crippen molar-refractivity contribution in [2.45, 2.75) is 5.41 Å². The summed E-state index contributed by atoms with van der Waals surface area (Å²) in [6, 6.07) is 64.0. The maximum absolute atomic E-state index is 3.15. The van der Waals surface area contributed by atoms with Crippen molar-refractivity contribution in [1.29, 1.82) is 0 Å². The minimum absolute atomic E-state index is 0. The summed E-state index contributed by atoms with van der Waals surface area (Å²) in [6.45, 7) is 2.45. The molecule has 0 saturated carbocycles. The molecule has 2 heterocycles. The minimum Gasteiger partial charge on any atom is -0.523 e. The van der Waals surface area contributed by atoms with Crippen molar-refractivity contribution in [2.24, 2.45) is 7.05 Å². The van der Waals surface area contributed by atoms with Gasteiger partial charge in [0.25, 0.3) is 0 Å². The van der Waals surface area contributed by atoms with E-state index in [0.717, 1.165) is 0 Å². The van der Waals surface area contributed by atoms with Gasteiger partial charge in [0.1, 0.15) is 0 Å². The molecule has 2 aliphatic rings. The van der Waals surface area contributed by atoms with Gasteiger partial charge in [-0.3, -0.25) is 0 Å². The van der Waals surface area contributed by atoms with Gasteiger partial charge in [0.15, 0.2) is 0 Å². The average molecular weight is 723 g/mol. The molecule has 1 aliphatic carbocycles. The van der Waals surface area contributed by atoms with Crippen LogP contribution in [-0.2, 0) is 32.9 Å². The third kappa shape index (κ3) is 5.60. The third-order valence-corrected chi connectivity index (χ3v) is 9.58. The maximum Gasteiger partial charge on any atom is 2.00 e. The van der Waals surface area contributed by atoms with Gasteiger partial charge in [0.05, 0.1) is 0 Å². The van der Waals surface area contributed by atoms with Crippen LogP contribution >= 0.6 is 0 Å². The van der Waals surface area contributed by atoms with Crippen LogP contribution in [0.1, 0.15) is 27.8 Å². The van der Waals surface area contributed by atoms with Gasteiger partial charge in [-0.15, -0.1) is 6.07 Å². The number of nitrogens with zero attached hydrogens (tertiary/aromatic N) is 2. The molecule has 9 rings (SSSR count). The fourth-order valence-corrected chi connectivity index (χ4v) is 7.59.